The van der Waals surface area contributed by atoms with E-state index < -0.39 is 0 Å². The van der Waals surface area contributed by atoms with Crippen molar-refractivity contribution in [3.8, 4) is 0 Å². The molecule has 2 aliphatic heterocycles. The highest BCUT2D eigenvalue weighted by atomic mass is 16.2. The number of likely N-dealkylation sites (N-methyl/N-ethyl adjacent to an activating group) is 1. The van der Waals surface area contributed by atoms with Gasteiger partial charge in [-0.05, 0) is 32.9 Å². The summed E-state index contributed by atoms with van der Waals surface area (Å²) in [4.78, 5) is 27.6. The minimum absolute atomic E-state index is 0.00653. The molecule has 0 radical (unpaired) electrons. The molecule has 3 rings (SSSR count). The van der Waals surface area contributed by atoms with Crippen molar-refractivity contribution in [2.24, 2.45) is 0 Å². The van der Waals surface area contributed by atoms with Gasteiger partial charge in [-0.1, -0.05) is 0 Å². The SMILES string of the molecule is CN1CCC(NC2CC(=O)N(C3CC3)C2=O)C1. The first kappa shape index (κ1) is 11.2. The van der Waals surface area contributed by atoms with Crippen molar-refractivity contribution in [2.75, 3.05) is 20.1 Å². The second kappa shape index (κ2) is 4.07. The molecule has 0 bridgehead atoms. The van der Waals surface area contributed by atoms with E-state index in [9.17, 15) is 9.59 Å². The van der Waals surface area contributed by atoms with Gasteiger partial charge in [-0.3, -0.25) is 14.5 Å². The van der Waals surface area contributed by atoms with Crippen molar-refractivity contribution in [2.45, 2.75) is 43.8 Å². The summed E-state index contributed by atoms with van der Waals surface area (Å²) in [6.07, 6.45) is 3.42. The van der Waals surface area contributed by atoms with Crippen LogP contribution in [0.15, 0.2) is 0 Å². The topological polar surface area (TPSA) is 52.7 Å². The molecule has 2 unspecified atom stereocenters. The Labute approximate surface area is 101 Å². The maximum absolute atomic E-state index is 12.1. The highest BCUT2D eigenvalue weighted by Crippen LogP contribution is 2.31. The Bertz CT molecular complexity index is 354. The van der Waals surface area contributed by atoms with Crippen LogP contribution in [0.2, 0.25) is 0 Å². The Morgan fingerprint density at radius 2 is 2.00 bits per heavy atom. The maximum Gasteiger partial charge on any atom is 0.247 e. The van der Waals surface area contributed by atoms with Crippen molar-refractivity contribution in [3.05, 3.63) is 0 Å². The van der Waals surface area contributed by atoms with Crippen molar-refractivity contribution in [1.82, 2.24) is 15.1 Å². The predicted octanol–water partition coefficient (Wildman–Crippen LogP) is -0.430. The summed E-state index contributed by atoms with van der Waals surface area (Å²) in [6, 6.07) is 0.313. The average molecular weight is 237 g/mol. The molecule has 17 heavy (non-hydrogen) atoms. The van der Waals surface area contributed by atoms with Gasteiger partial charge in [-0.25, -0.2) is 0 Å². The Morgan fingerprint density at radius 1 is 1.24 bits per heavy atom. The van der Waals surface area contributed by atoms with Gasteiger partial charge >= 0.3 is 0 Å². The van der Waals surface area contributed by atoms with E-state index in [1.807, 2.05) is 0 Å². The van der Waals surface area contributed by atoms with Crippen LogP contribution in [0.4, 0.5) is 0 Å². The maximum atomic E-state index is 12.1. The van der Waals surface area contributed by atoms with E-state index in [1.165, 1.54) is 4.90 Å². The molecule has 0 spiro atoms. The third-order valence-corrected chi connectivity index (χ3v) is 3.92. The largest absolute Gasteiger partial charge is 0.305 e. The highest BCUT2D eigenvalue weighted by molar-refractivity contribution is 6.06. The Morgan fingerprint density at radius 3 is 2.59 bits per heavy atom. The summed E-state index contributed by atoms with van der Waals surface area (Å²) in [7, 11) is 2.08. The molecule has 2 amide bonds. The van der Waals surface area contributed by atoms with Gasteiger partial charge in [0.15, 0.2) is 0 Å². The fourth-order valence-corrected chi connectivity index (χ4v) is 2.85. The standard InChI is InChI=1S/C12H19N3O2/c1-14-5-4-8(7-14)13-10-6-11(16)15(12(10)17)9-2-3-9/h8-10,13H,2-7H2,1H3. The highest BCUT2D eigenvalue weighted by Gasteiger charge is 2.46. The van der Waals surface area contributed by atoms with Crippen molar-refractivity contribution >= 4 is 11.8 Å². The molecule has 2 atom stereocenters. The summed E-state index contributed by atoms with van der Waals surface area (Å²) in [5, 5.41) is 3.35. The molecule has 94 valence electrons. The lowest BCUT2D eigenvalue weighted by Crippen LogP contribution is -2.45. The molecule has 2 saturated heterocycles. The van der Waals surface area contributed by atoms with Crippen LogP contribution < -0.4 is 5.32 Å². The summed E-state index contributed by atoms with van der Waals surface area (Å²) < 4.78 is 0. The third-order valence-electron chi connectivity index (χ3n) is 3.92. The number of carbonyl (C=O) groups is 2. The van der Waals surface area contributed by atoms with Gasteiger partial charge in [0.05, 0.1) is 12.5 Å². The molecular weight excluding hydrogens is 218 g/mol. The molecule has 1 N–H and O–H groups in total. The molecule has 5 heteroatoms. The number of carbonyl (C=O) groups excluding carboxylic acids is 2. The lowest BCUT2D eigenvalue weighted by Gasteiger charge is -2.18. The molecule has 2 heterocycles. The molecule has 1 aliphatic carbocycles. The van der Waals surface area contributed by atoms with Crippen LogP contribution in [0.5, 0.6) is 0 Å². The number of nitrogens with zero attached hydrogens (tertiary/aromatic N) is 2. The fourth-order valence-electron chi connectivity index (χ4n) is 2.85. The zero-order valence-electron chi connectivity index (χ0n) is 10.2. The van der Waals surface area contributed by atoms with E-state index in [-0.39, 0.29) is 23.9 Å². The van der Waals surface area contributed by atoms with Gasteiger partial charge in [0.2, 0.25) is 11.8 Å². The fraction of sp³-hybridized carbons (Fsp3) is 0.833. The van der Waals surface area contributed by atoms with Gasteiger partial charge in [0.1, 0.15) is 0 Å². The third kappa shape index (κ3) is 2.09. The van der Waals surface area contributed by atoms with Crippen molar-refractivity contribution in [3.63, 3.8) is 0 Å². The first-order valence-electron chi connectivity index (χ1n) is 6.45. The molecule has 3 aliphatic rings. The van der Waals surface area contributed by atoms with E-state index >= 15 is 0 Å². The number of imide groups is 1. The number of hydrogen-bond donors (Lipinski definition) is 1. The zero-order valence-corrected chi connectivity index (χ0v) is 10.2. The van der Waals surface area contributed by atoms with Crippen molar-refractivity contribution in [1.29, 1.82) is 0 Å². The Balaban J connectivity index is 1.61. The van der Waals surface area contributed by atoms with Crippen LogP contribution in [0.3, 0.4) is 0 Å². The first-order chi connectivity index (χ1) is 8.15. The average Bonchev–Trinajstić information content (AvgIpc) is 2.96. The minimum atomic E-state index is -0.264. The van der Waals surface area contributed by atoms with Crippen LogP contribution >= 0.6 is 0 Å². The second-order valence-corrected chi connectivity index (χ2v) is 5.50. The van der Waals surface area contributed by atoms with Crippen LogP contribution in [0.1, 0.15) is 25.7 Å². The summed E-state index contributed by atoms with van der Waals surface area (Å²) in [5.74, 6) is 0.0217. The number of likely N-dealkylation sites (tertiary alicyclic amines) is 2. The summed E-state index contributed by atoms with van der Waals surface area (Å²) in [5.41, 5.74) is 0. The van der Waals surface area contributed by atoms with E-state index in [0.717, 1.165) is 32.4 Å². The number of rotatable bonds is 3. The molecule has 0 aromatic rings. The van der Waals surface area contributed by atoms with E-state index in [0.29, 0.717) is 12.5 Å². The number of hydrogen-bond acceptors (Lipinski definition) is 4. The van der Waals surface area contributed by atoms with Crippen LogP contribution in [-0.2, 0) is 9.59 Å². The van der Waals surface area contributed by atoms with Crippen LogP contribution in [0.25, 0.3) is 0 Å². The van der Waals surface area contributed by atoms with Crippen molar-refractivity contribution < 1.29 is 9.59 Å². The van der Waals surface area contributed by atoms with Crippen LogP contribution in [-0.4, -0.2) is 59.9 Å². The molecule has 0 aromatic carbocycles. The zero-order chi connectivity index (χ0) is 12.0. The molecule has 0 aromatic heterocycles. The van der Waals surface area contributed by atoms with Gasteiger partial charge in [0.25, 0.3) is 0 Å². The van der Waals surface area contributed by atoms with E-state index in [4.69, 9.17) is 0 Å². The first-order valence-corrected chi connectivity index (χ1v) is 6.45. The predicted molar refractivity (Wildman–Crippen MR) is 62.3 cm³/mol. The summed E-state index contributed by atoms with van der Waals surface area (Å²) in [6.45, 7) is 2.04. The van der Waals surface area contributed by atoms with Gasteiger partial charge in [-0.15, -0.1) is 0 Å². The minimum Gasteiger partial charge on any atom is -0.305 e. The molecule has 5 nitrogen and oxygen atoms in total. The van der Waals surface area contributed by atoms with E-state index in [1.54, 1.807) is 0 Å². The lowest BCUT2D eigenvalue weighted by atomic mass is 10.2. The molecular formula is C12H19N3O2. The second-order valence-electron chi connectivity index (χ2n) is 5.50. The van der Waals surface area contributed by atoms with Crippen LogP contribution in [0, 0.1) is 0 Å². The number of amides is 2. The molecule has 1 saturated carbocycles. The van der Waals surface area contributed by atoms with Gasteiger partial charge in [-0.2, -0.15) is 0 Å². The summed E-state index contributed by atoms with van der Waals surface area (Å²) >= 11 is 0. The smallest absolute Gasteiger partial charge is 0.247 e. The van der Waals surface area contributed by atoms with E-state index in [2.05, 4.69) is 17.3 Å². The Hall–Kier alpha value is -0.940. The molecule has 3 fully saturated rings. The lowest BCUT2D eigenvalue weighted by molar-refractivity contribution is -0.139. The monoisotopic (exact) mass is 237 g/mol. The normalized spacial score (nSPS) is 35.0. The number of nitrogens with one attached hydrogen (secondary N) is 1. The van der Waals surface area contributed by atoms with Gasteiger partial charge in [0, 0.05) is 18.6 Å². The Kier molecular flexibility index (Phi) is 2.67. The quantitative estimate of drug-likeness (QED) is 0.677. The van der Waals surface area contributed by atoms with Gasteiger partial charge < -0.3 is 10.2 Å².